The molecule has 2 aromatic carbocycles. The molecule has 254 valence electrons. The maximum Gasteiger partial charge on any atom is 0.135 e. The van der Waals surface area contributed by atoms with Gasteiger partial charge in [0, 0.05) is 23.9 Å². The van der Waals surface area contributed by atoms with Gasteiger partial charge in [-0.05, 0) is 88.3 Å². The van der Waals surface area contributed by atoms with Crippen molar-refractivity contribution in [3.05, 3.63) is 36.4 Å². The van der Waals surface area contributed by atoms with Crippen LogP contribution in [0, 0.1) is 0 Å². The van der Waals surface area contributed by atoms with E-state index in [2.05, 4.69) is 49.6 Å². The van der Waals surface area contributed by atoms with Crippen molar-refractivity contribution < 1.29 is 13.9 Å². The molecule has 1 aromatic heterocycles. The van der Waals surface area contributed by atoms with Gasteiger partial charge in [-0.3, -0.25) is 9.80 Å². The predicted molar refractivity (Wildman–Crippen MR) is 194 cm³/mol. The van der Waals surface area contributed by atoms with Gasteiger partial charge in [0.25, 0.3) is 0 Å². The molecule has 5 heteroatoms. The number of unbranched alkanes of at least 4 members (excludes halogenated alkanes) is 12. The first-order valence-electron chi connectivity index (χ1n) is 18.8. The number of hydrogen-bond donors (Lipinski definition) is 0. The molecule has 1 heterocycles. The second kappa shape index (κ2) is 23.1. The lowest BCUT2D eigenvalue weighted by Crippen LogP contribution is -2.30. The number of rotatable bonds is 28. The summed E-state index contributed by atoms with van der Waals surface area (Å²) in [5, 5.41) is 2.19. The van der Waals surface area contributed by atoms with Crippen LogP contribution in [0.15, 0.2) is 40.8 Å². The standard InChI is InChI=1S/C40H66N2O3/c1-5-9-13-17-25-41(26-18-14-10-6-2)29-31-43-35-21-23-39-37(33-35)38-34-36(22-24-40(38)45-39)44-32-30-42(27-19-15-11-7-3)28-20-16-12-8-4/h21-24,33-34H,5-20,25-32H2,1-4H3. The molecule has 0 N–H and O–H groups in total. The van der Waals surface area contributed by atoms with Crippen LogP contribution in [-0.2, 0) is 0 Å². The van der Waals surface area contributed by atoms with Crippen molar-refractivity contribution in [3.8, 4) is 11.5 Å². The molecule has 0 bridgehead atoms. The summed E-state index contributed by atoms with van der Waals surface area (Å²) < 4.78 is 18.8. The molecule has 0 saturated carbocycles. The van der Waals surface area contributed by atoms with Crippen LogP contribution in [0.3, 0.4) is 0 Å². The first-order chi connectivity index (χ1) is 22.2. The third-order valence-electron chi connectivity index (χ3n) is 9.08. The van der Waals surface area contributed by atoms with Gasteiger partial charge in [-0.1, -0.05) is 105 Å². The topological polar surface area (TPSA) is 38.1 Å². The Hall–Kier alpha value is -2.24. The number of benzene rings is 2. The van der Waals surface area contributed by atoms with Crippen LogP contribution in [0.4, 0.5) is 0 Å². The van der Waals surface area contributed by atoms with Crippen LogP contribution < -0.4 is 9.47 Å². The molecule has 0 spiro atoms. The molecule has 0 radical (unpaired) electrons. The smallest absolute Gasteiger partial charge is 0.135 e. The highest BCUT2D eigenvalue weighted by Crippen LogP contribution is 2.33. The van der Waals surface area contributed by atoms with E-state index >= 15 is 0 Å². The number of hydrogen-bond acceptors (Lipinski definition) is 5. The fourth-order valence-electron chi connectivity index (χ4n) is 6.22. The van der Waals surface area contributed by atoms with Crippen molar-refractivity contribution in [3.63, 3.8) is 0 Å². The average molecular weight is 623 g/mol. The number of ether oxygens (including phenoxy) is 2. The zero-order valence-electron chi connectivity index (χ0n) is 29.6. The van der Waals surface area contributed by atoms with Crippen LogP contribution in [0.1, 0.15) is 130 Å². The molecule has 0 unspecified atom stereocenters. The van der Waals surface area contributed by atoms with Gasteiger partial charge in [0.05, 0.1) is 0 Å². The molecule has 0 saturated heterocycles. The highest BCUT2D eigenvalue weighted by molar-refractivity contribution is 6.05. The summed E-state index contributed by atoms with van der Waals surface area (Å²) in [7, 11) is 0. The minimum absolute atomic E-state index is 0.713. The van der Waals surface area contributed by atoms with E-state index < -0.39 is 0 Å². The average Bonchev–Trinajstić information content (AvgIpc) is 3.42. The van der Waals surface area contributed by atoms with Crippen LogP contribution >= 0.6 is 0 Å². The van der Waals surface area contributed by atoms with E-state index in [-0.39, 0.29) is 0 Å². The minimum atomic E-state index is 0.713. The molecular weight excluding hydrogens is 556 g/mol. The Kier molecular flexibility index (Phi) is 19.1. The molecule has 5 nitrogen and oxygen atoms in total. The van der Waals surface area contributed by atoms with E-state index in [0.717, 1.165) is 46.5 Å². The van der Waals surface area contributed by atoms with Crippen LogP contribution in [0.5, 0.6) is 11.5 Å². The maximum absolute atomic E-state index is 6.31. The fourth-order valence-corrected chi connectivity index (χ4v) is 6.22. The van der Waals surface area contributed by atoms with Crippen LogP contribution in [-0.4, -0.2) is 62.3 Å². The molecule has 45 heavy (non-hydrogen) atoms. The minimum Gasteiger partial charge on any atom is -0.492 e. The second-order valence-electron chi connectivity index (χ2n) is 13.0. The van der Waals surface area contributed by atoms with Gasteiger partial charge in [0.15, 0.2) is 0 Å². The maximum atomic E-state index is 6.31. The summed E-state index contributed by atoms with van der Waals surface area (Å²) in [6.45, 7) is 17.2. The Morgan fingerprint density at radius 2 is 0.800 bits per heavy atom. The molecule has 0 fully saturated rings. The van der Waals surface area contributed by atoms with Gasteiger partial charge in [0.1, 0.15) is 35.9 Å². The molecular formula is C40H66N2O3. The Morgan fingerprint density at radius 1 is 0.444 bits per heavy atom. The molecule has 0 amide bonds. The Morgan fingerprint density at radius 3 is 1.13 bits per heavy atom. The highest BCUT2D eigenvalue weighted by atomic mass is 16.5. The third kappa shape index (κ3) is 14.4. The first-order valence-corrected chi connectivity index (χ1v) is 18.8. The molecule has 0 aliphatic carbocycles. The van der Waals surface area contributed by atoms with Gasteiger partial charge in [-0.2, -0.15) is 0 Å². The van der Waals surface area contributed by atoms with Gasteiger partial charge in [-0.25, -0.2) is 0 Å². The van der Waals surface area contributed by atoms with Crippen LogP contribution in [0.2, 0.25) is 0 Å². The van der Waals surface area contributed by atoms with E-state index in [9.17, 15) is 0 Å². The van der Waals surface area contributed by atoms with Gasteiger partial charge in [0.2, 0.25) is 0 Å². The van der Waals surface area contributed by atoms with E-state index in [1.165, 1.54) is 129 Å². The van der Waals surface area contributed by atoms with Crippen molar-refractivity contribution >= 4 is 21.9 Å². The summed E-state index contributed by atoms with van der Waals surface area (Å²) in [5.74, 6) is 1.82. The number of fused-ring (bicyclic) bond motifs is 3. The van der Waals surface area contributed by atoms with Crippen LogP contribution in [0.25, 0.3) is 21.9 Å². The normalized spacial score (nSPS) is 11.9. The summed E-state index contributed by atoms with van der Waals surface area (Å²) in [6.07, 6.45) is 21.0. The van der Waals surface area contributed by atoms with Gasteiger partial charge >= 0.3 is 0 Å². The molecule has 0 atom stereocenters. The Balaban J connectivity index is 1.56. The number of furan rings is 1. The quantitative estimate of drug-likeness (QED) is 0.0753. The molecule has 0 aliphatic heterocycles. The summed E-state index contributed by atoms with van der Waals surface area (Å²) in [4.78, 5) is 5.22. The van der Waals surface area contributed by atoms with Crippen molar-refractivity contribution in [2.75, 3.05) is 52.5 Å². The first kappa shape index (κ1) is 37.2. The molecule has 0 aliphatic rings. The van der Waals surface area contributed by atoms with E-state index in [1.54, 1.807) is 0 Å². The lowest BCUT2D eigenvalue weighted by Gasteiger charge is -2.22. The van der Waals surface area contributed by atoms with Gasteiger partial charge < -0.3 is 13.9 Å². The van der Waals surface area contributed by atoms with E-state index in [4.69, 9.17) is 13.9 Å². The lowest BCUT2D eigenvalue weighted by molar-refractivity contribution is 0.202. The lowest BCUT2D eigenvalue weighted by atomic mass is 10.1. The molecule has 3 aromatic rings. The summed E-state index contributed by atoms with van der Waals surface area (Å²) in [5.41, 5.74) is 1.79. The van der Waals surface area contributed by atoms with Crippen molar-refractivity contribution in [1.29, 1.82) is 0 Å². The summed E-state index contributed by atoms with van der Waals surface area (Å²) >= 11 is 0. The largest absolute Gasteiger partial charge is 0.492 e. The van der Waals surface area contributed by atoms with Crippen molar-refractivity contribution in [2.24, 2.45) is 0 Å². The number of nitrogens with zero attached hydrogens (tertiary/aromatic N) is 2. The van der Waals surface area contributed by atoms with Gasteiger partial charge in [-0.15, -0.1) is 0 Å². The SMILES string of the molecule is CCCCCCN(CCCCCC)CCOc1ccc2oc3ccc(OCCN(CCCCCC)CCCCCC)cc3c2c1. The third-order valence-corrected chi connectivity index (χ3v) is 9.08. The second-order valence-corrected chi connectivity index (χ2v) is 13.0. The van der Waals surface area contributed by atoms with Crippen molar-refractivity contribution in [2.45, 2.75) is 130 Å². The summed E-state index contributed by atoms with van der Waals surface area (Å²) in [6, 6.07) is 12.5. The Labute approximate surface area is 276 Å². The van der Waals surface area contributed by atoms with E-state index in [1.807, 2.05) is 24.3 Å². The molecule has 3 rings (SSSR count). The zero-order valence-corrected chi connectivity index (χ0v) is 29.6. The van der Waals surface area contributed by atoms with E-state index in [0.29, 0.717) is 13.2 Å². The predicted octanol–water partition coefficient (Wildman–Crippen LogP) is 11.3. The Bertz CT molecular complexity index is 1050. The van der Waals surface area contributed by atoms with Crippen molar-refractivity contribution in [1.82, 2.24) is 9.80 Å². The monoisotopic (exact) mass is 623 g/mol. The zero-order chi connectivity index (χ0) is 32.0. The highest BCUT2D eigenvalue weighted by Gasteiger charge is 2.12. The fraction of sp³-hybridized carbons (Fsp3) is 0.700.